The largest absolute Gasteiger partial charge is 0.495 e. The first-order chi connectivity index (χ1) is 14.6. The topological polar surface area (TPSA) is 50.7 Å². The molecule has 5 rings (SSSR count). The molecule has 30 heavy (non-hydrogen) atoms. The molecule has 0 saturated carbocycles. The summed E-state index contributed by atoms with van der Waals surface area (Å²) in [5, 5.41) is 2.13. The number of rotatable bonds is 4. The minimum absolute atomic E-state index is 0.784. The van der Waals surface area contributed by atoms with E-state index in [0.717, 1.165) is 63.7 Å². The Morgan fingerprint density at radius 2 is 1.40 bits per heavy atom. The van der Waals surface area contributed by atoms with Gasteiger partial charge in [0.05, 0.1) is 24.4 Å². The van der Waals surface area contributed by atoms with Gasteiger partial charge >= 0.3 is 0 Å². The Bertz CT molecular complexity index is 1180. The third-order valence-corrected chi connectivity index (χ3v) is 7.93. The lowest BCUT2D eigenvalue weighted by Gasteiger charge is -2.34. The van der Waals surface area contributed by atoms with E-state index in [2.05, 4.69) is 35.8 Å². The van der Waals surface area contributed by atoms with Gasteiger partial charge in [-0.2, -0.15) is 0 Å². The summed E-state index contributed by atoms with van der Waals surface area (Å²) in [6.07, 6.45) is 0. The predicted molar refractivity (Wildman–Crippen MR) is 126 cm³/mol. The fourth-order valence-electron chi connectivity index (χ4n) is 4.00. The third kappa shape index (κ3) is 3.24. The Balaban J connectivity index is 1.38. The summed E-state index contributed by atoms with van der Waals surface area (Å²) in [5.74, 6) is 1.63. The number of piperazine rings is 1. The summed E-state index contributed by atoms with van der Waals surface area (Å²) >= 11 is 3.47. The Kier molecular flexibility index (Phi) is 4.91. The van der Waals surface area contributed by atoms with Gasteiger partial charge < -0.3 is 19.3 Å². The molecule has 0 N–H and O–H groups in total. The van der Waals surface area contributed by atoms with Gasteiger partial charge in [-0.1, -0.05) is 28.7 Å². The van der Waals surface area contributed by atoms with E-state index < -0.39 is 0 Å². The van der Waals surface area contributed by atoms with Crippen LogP contribution >= 0.6 is 22.7 Å². The summed E-state index contributed by atoms with van der Waals surface area (Å²) in [6, 6.07) is 8.27. The van der Waals surface area contributed by atoms with Gasteiger partial charge in [0.25, 0.3) is 0 Å². The molecule has 0 spiro atoms. The van der Waals surface area contributed by atoms with Crippen molar-refractivity contribution in [3.8, 4) is 11.5 Å². The van der Waals surface area contributed by atoms with E-state index in [1.165, 1.54) is 15.8 Å². The van der Waals surface area contributed by atoms with Crippen LogP contribution in [0.3, 0.4) is 0 Å². The summed E-state index contributed by atoms with van der Waals surface area (Å²) < 4.78 is 13.4. The van der Waals surface area contributed by atoms with Crippen molar-refractivity contribution in [2.24, 2.45) is 0 Å². The van der Waals surface area contributed by atoms with Crippen LogP contribution in [-0.4, -0.2) is 50.4 Å². The molecular weight excluding hydrogens is 416 g/mol. The van der Waals surface area contributed by atoms with Crippen LogP contribution in [0.1, 0.15) is 11.1 Å². The highest BCUT2D eigenvalue weighted by atomic mass is 32.1. The molecule has 0 atom stereocenters. The van der Waals surface area contributed by atoms with Crippen LogP contribution in [0.5, 0.6) is 11.5 Å². The highest BCUT2D eigenvalue weighted by Crippen LogP contribution is 2.40. The molecule has 2 aromatic carbocycles. The summed E-state index contributed by atoms with van der Waals surface area (Å²) in [7, 11) is 3.38. The van der Waals surface area contributed by atoms with E-state index >= 15 is 0 Å². The number of aromatic nitrogens is 2. The zero-order chi connectivity index (χ0) is 20.8. The van der Waals surface area contributed by atoms with Crippen molar-refractivity contribution in [3.63, 3.8) is 0 Å². The van der Waals surface area contributed by atoms with Crippen LogP contribution < -0.4 is 19.3 Å². The second-order valence-corrected chi connectivity index (χ2v) is 9.50. The number of nitrogens with zero attached hydrogens (tertiary/aromatic N) is 4. The van der Waals surface area contributed by atoms with Gasteiger partial charge in [-0.25, -0.2) is 9.97 Å². The maximum Gasteiger partial charge on any atom is 0.186 e. The van der Waals surface area contributed by atoms with Crippen LogP contribution in [0.15, 0.2) is 24.3 Å². The first-order valence-electron chi connectivity index (χ1n) is 9.96. The molecule has 0 bridgehead atoms. The fourth-order valence-corrected chi connectivity index (χ4v) is 6.19. The highest BCUT2D eigenvalue weighted by Gasteiger charge is 2.24. The number of aryl methyl sites for hydroxylation is 2. The molecule has 0 aliphatic carbocycles. The Labute approximate surface area is 183 Å². The molecule has 1 aliphatic heterocycles. The van der Waals surface area contributed by atoms with Crippen LogP contribution in [0.2, 0.25) is 0 Å². The Hall–Kier alpha value is -2.58. The van der Waals surface area contributed by atoms with Crippen LogP contribution in [-0.2, 0) is 0 Å². The van der Waals surface area contributed by atoms with Gasteiger partial charge in [0, 0.05) is 26.2 Å². The molecule has 2 aromatic heterocycles. The first-order valence-corrected chi connectivity index (χ1v) is 11.6. The van der Waals surface area contributed by atoms with Gasteiger partial charge in [0.1, 0.15) is 21.7 Å². The molecule has 1 aliphatic rings. The van der Waals surface area contributed by atoms with E-state index in [-0.39, 0.29) is 0 Å². The lowest BCUT2D eigenvalue weighted by molar-refractivity contribution is 0.410. The number of hydrogen-bond donors (Lipinski definition) is 0. The number of fused-ring (bicyclic) bond motifs is 2. The zero-order valence-corrected chi connectivity index (χ0v) is 19.2. The molecule has 8 heteroatoms. The fraction of sp³-hybridized carbons (Fsp3) is 0.364. The number of thiazole rings is 2. The number of benzene rings is 2. The second-order valence-electron chi connectivity index (χ2n) is 7.54. The van der Waals surface area contributed by atoms with Crippen molar-refractivity contribution >= 4 is 53.4 Å². The van der Waals surface area contributed by atoms with Gasteiger partial charge in [-0.15, -0.1) is 0 Å². The molecule has 6 nitrogen and oxygen atoms in total. The van der Waals surface area contributed by atoms with Crippen molar-refractivity contribution in [2.45, 2.75) is 13.8 Å². The van der Waals surface area contributed by atoms with E-state index in [9.17, 15) is 0 Å². The number of methoxy groups -OCH3 is 2. The summed E-state index contributed by atoms with van der Waals surface area (Å²) in [4.78, 5) is 14.5. The lowest BCUT2D eigenvalue weighted by atomic mass is 10.1. The minimum Gasteiger partial charge on any atom is -0.495 e. The first kappa shape index (κ1) is 19.4. The molecule has 3 heterocycles. The maximum absolute atomic E-state index is 5.53. The third-order valence-electron chi connectivity index (χ3n) is 5.53. The molecule has 1 fully saturated rings. The molecule has 1 saturated heterocycles. The van der Waals surface area contributed by atoms with Crippen molar-refractivity contribution in [1.29, 1.82) is 0 Å². The molecule has 4 aromatic rings. The smallest absolute Gasteiger partial charge is 0.186 e. The van der Waals surface area contributed by atoms with Gasteiger partial charge in [0.15, 0.2) is 10.3 Å². The van der Waals surface area contributed by atoms with E-state index in [4.69, 9.17) is 19.4 Å². The van der Waals surface area contributed by atoms with Crippen LogP contribution in [0.4, 0.5) is 10.3 Å². The zero-order valence-electron chi connectivity index (χ0n) is 17.6. The lowest BCUT2D eigenvalue weighted by Crippen LogP contribution is -2.46. The monoisotopic (exact) mass is 440 g/mol. The average molecular weight is 441 g/mol. The van der Waals surface area contributed by atoms with E-state index in [1.807, 2.05) is 12.1 Å². The summed E-state index contributed by atoms with van der Waals surface area (Å²) in [5.41, 5.74) is 4.56. The number of anilines is 2. The Morgan fingerprint density at radius 1 is 0.800 bits per heavy atom. The van der Waals surface area contributed by atoms with Gasteiger partial charge in [0.2, 0.25) is 0 Å². The summed E-state index contributed by atoms with van der Waals surface area (Å²) in [6.45, 7) is 8.00. The Morgan fingerprint density at radius 3 is 2.07 bits per heavy atom. The number of ether oxygens (including phenoxy) is 2. The quantitative estimate of drug-likeness (QED) is 0.451. The highest BCUT2D eigenvalue weighted by molar-refractivity contribution is 7.23. The molecular formula is C22H24N4O2S2. The maximum atomic E-state index is 5.53. The minimum atomic E-state index is 0.784. The second kappa shape index (κ2) is 7.59. The van der Waals surface area contributed by atoms with Crippen molar-refractivity contribution < 1.29 is 9.47 Å². The van der Waals surface area contributed by atoms with E-state index in [1.54, 1.807) is 36.9 Å². The van der Waals surface area contributed by atoms with Crippen LogP contribution in [0, 0.1) is 13.8 Å². The van der Waals surface area contributed by atoms with Crippen molar-refractivity contribution in [1.82, 2.24) is 9.97 Å². The van der Waals surface area contributed by atoms with Crippen LogP contribution in [0.25, 0.3) is 20.4 Å². The molecule has 0 unspecified atom stereocenters. The average Bonchev–Trinajstić information content (AvgIpc) is 3.38. The van der Waals surface area contributed by atoms with E-state index in [0.29, 0.717) is 0 Å². The van der Waals surface area contributed by atoms with Gasteiger partial charge in [-0.05, 0) is 43.2 Å². The van der Waals surface area contributed by atoms with Crippen molar-refractivity contribution in [3.05, 3.63) is 35.4 Å². The standard InChI is InChI=1S/C22H24N4O2S2/c1-13-11-14(2)19-15(12-13)23-21(29-19)25-7-9-26(10-8-25)22-24-18-16(27-3)5-6-17(28-4)20(18)30-22/h5-6,11-12H,7-10H2,1-4H3. The molecule has 156 valence electrons. The normalized spacial score (nSPS) is 14.7. The SMILES string of the molecule is COc1ccc(OC)c2sc(N3CCN(c4nc5cc(C)cc(C)c5s4)CC3)nc12. The van der Waals surface area contributed by atoms with Gasteiger partial charge in [-0.3, -0.25) is 0 Å². The van der Waals surface area contributed by atoms with Crippen molar-refractivity contribution in [2.75, 3.05) is 50.2 Å². The molecule has 0 amide bonds. The predicted octanol–water partition coefficient (Wildman–Crippen LogP) is 4.87. The molecule has 0 radical (unpaired) electrons. The number of hydrogen-bond acceptors (Lipinski definition) is 8.